The van der Waals surface area contributed by atoms with E-state index in [4.69, 9.17) is 23.2 Å². The molecule has 0 aliphatic carbocycles. The van der Waals surface area contributed by atoms with Gasteiger partial charge in [-0.2, -0.15) is 13.2 Å². The first-order valence-electron chi connectivity index (χ1n) is 5.58. The van der Waals surface area contributed by atoms with Gasteiger partial charge >= 0.3 is 6.18 Å². The molecule has 1 aromatic heterocycles. The second-order valence-corrected chi connectivity index (χ2v) is 4.81. The Hall–Kier alpha value is -1.46. The summed E-state index contributed by atoms with van der Waals surface area (Å²) in [5, 5.41) is 3.32. The van der Waals surface area contributed by atoms with Crippen LogP contribution in [0.1, 0.15) is 11.1 Å². The molecule has 0 unspecified atom stereocenters. The van der Waals surface area contributed by atoms with Crippen LogP contribution in [0, 0.1) is 0 Å². The van der Waals surface area contributed by atoms with E-state index in [1.807, 2.05) is 6.07 Å². The van der Waals surface area contributed by atoms with E-state index >= 15 is 0 Å². The normalized spacial score (nSPS) is 11.4. The predicted octanol–water partition coefficient (Wildman–Crippen LogP) is 5.02. The summed E-state index contributed by atoms with van der Waals surface area (Å²) >= 11 is 11.8. The molecule has 2 aromatic rings. The summed E-state index contributed by atoms with van der Waals surface area (Å²) in [5.74, 6) is 0.180. The number of alkyl halides is 3. The van der Waals surface area contributed by atoms with Crippen molar-refractivity contribution in [2.24, 2.45) is 0 Å². The van der Waals surface area contributed by atoms with E-state index in [0.717, 1.165) is 17.8 Å². The molecule has 0 radical (unpaired) electrons. The lowest BCUT2D eigenvalue weighted by Crippen LogP contribution is -2.08. The highest BCUT2D eigenvalue weighted by Gasteiger charge is 2.31. The van der Waals surface area contributed by atoms with Crippen LogP contribution >= 0.6 is 23.2 Å². The number of nitrogens with one attached hydrogen (secondary N) is 1. The Labute approximate surface area is 123 Å². The topological polar surface area (TPSA) is 24.9 Å². The highest BCUT2D eigenvalue weighted by molar-refractivity contribution is 6.33. The average Bonchev–Trinajstić information content (AvgIpc) is 2.38. The lowest BCUT2D eigenvalue weighted by molar-refractivity contribution is -0.137. The largest absolute Gasteiger partial charge is 0.417 e. The zero-order chi connectivity index (χ0) is 14.8. The number of halogens is 5. The predicted molar refractivity (Wildman–Crippen MR) is 73.0 cm³/mol. The molecule has 0 fully saturated rings. The van der Waals surface area contributed by atoms with Gasteiger partial charge in [0, 0.05) is 17.8 Å². The summed E-state index contributed by atoms with van der Waals surface area (Å²) < 4.78 is 37.4. The van der Waals surface area contributed by atoms with Crippen LogP contribution in [0.4, 0.5) is 19.0 Å². The molecule has 2 rings (SSSR count). The fourth-order valence-corrected chi connectivity index (χ4v) is 1.98. The Kier molecular flexibility index (Phi) is 4.40. The Morgan fingerprint density at radius 2 is 1.80 bits per heavy atom. The number of nitrogens with zero attached hydrogens (tertiary/aromatic N) is 1. The SMILES string of the molecule is FC(F)(F)c1cnc(NCc2ccccc2Cl)c(Cl)c1. The lowest BCUT2D eigenvalue weighted by atomic mass is 10.2. The first kappa shape index (κ1) is 14.9. The second kappa shape index (κ2) is 5.89. The van der Waals surface area contributed by atoms with E-state index in [1.54, 1.807) is 18.2 Å². The fourth-order valence-electron chi connectivity index (χ4n) is 1.54. The first-order valence-corrected chi connectivity index (χ1v) is 6.33. The van der Waals surface area contributed by atoms with Gasteiger partial charge in [-0.25, -0.2) is 4.98 Å². The molecule has 1 aromatic carbocycles. The van der Waals surface area contributed by atoms with Gasteiger partial charge in [0.1, 0.15) is 5.82 Å². The minimum Gasteiger partial charge on any atom is -0.365 e. The van der Waals surface area contributed by atoms with Gasteiger partial charge in [-0.05, 0) is 17.7 Å². The smallest absolute Gasteiger partial charge is 0.365 e. The maximum absolute atomic E-state index is 12.5. The number of benzene rings is 1. The quantitative estimate of drug-likeness (QED) is 0.859. The third-order valence-corrected chi connectivity index (χ3v) is 3.23. The molecular weight excluding hydrogens is 312 g/mol. The molecule has 0 saturated carbocycles. The maximum Gasteiger partial charge on any atom is 0.417 e. The van der Waals surface area contributed by atoms with Crippen molar-refractivity contribution in [2.75, 3.05) is 5.32 Å². The number of hydrogen-bond donors (Lipinski definition) is 1. The van der Waals surface area contributed by atoms with Gasteiger partial charge in [-0.3, -0.25) is 0 Å². The molecule has 0 aliphatic heterocycles. The Balaban J connectivity index is 2.13. The molecule has 0 amide bonds. The molecule has 0 aliphatic rings. The van der Waals surface area contributed by atoms with Crippen LogP contribution in [0.2, 0.25) is 10.0 Å². The number of aromatic nitrogens is 1. The van der Waals surface area contributed by atoms with E-state index in [2.05, 4.69) is 10.3 Å². The molecule has 2 nitrogen and oxygen atoms in total. The molecule has 0 bridgehead atoms. The molecule has 0 atom stereocenters. The van der Waals surface area contributed by atoms with Crippen LogP contribution < -0.4 is 5.32 Å². The van der Waals surface area contributed by atoms with Gasteiger partial charge < -0.3 is 5.32 Å². The van der Waals surface area contributed by atoms with E-state index in [0.29, 0.717) is 11.6 Å². The fraction of sp³-hybridized carbons (Fsp3) is 0.154. The Bertz CT molecular complexity index is 615. The van der Waals surface area contributed by atoms with E-state index in [9.17, 15) is 13.2 Å². The van der Waals surface area contributed by atoms with Crippen molar-refractivity contribution in [1.29, 1.82) is 0 Å². The van der Waals surface area contributed by atoms with Gasteiger partial charge in [0.05, 0.1) is 10.6 Å². The van der Waals surface area contributed by atoms with Gasteiger partial charge in [-0.15, -0.1) is 0 Å². The summed E-state index contributed by atoms with van der Waals surface area (Å²) in [6, 6.07) is 7.96. The Morgan fingerprint density at radius 3 is 2.40 bits per heavy atom. The van der Waals surface area contributed by atoms with Crippen molar-refractivity contribution in [3.05, 3.63) is 57.7 Å². The number of pyridine rings is 1. The zero-order valence-electron chi connectivity index (χ0n) is 10.0. The molecule has 0 spiro atoms. The van der Waals surface area contributed by atoms with Crippen molar-refractivity contribution in [3.8, 4) is 0 Å². The van der Waals surface area contributed by atoms with Crippen LogP contribution in [0.5, 0.6) is 0 Å². The van der Waals surface area contributed by atoms with Crippen molar-refractivity contribution in [1.82, 2.24) is 4.98 Å². The summed E-state index contributed by atoms with van der Waals surface area (Å²) in [4.78, 5) is 3.68. The van der Waals surface area contributed by atoms with Gasteiger partial charge in [0.15, 0.2) is 0 Å². The molecule has 0 saturated heterocycles. The van der Waals surface area contributed by atoms with E-state index in [-0.39, 0.29) is 10.8 Å². The summed E-state index contributed by atoms with van der Waals surface area (Å²) in [6.45, 7) is 0.317. The van der Waals surface area contributed by atoms with Crippen LogP contribution in [-0.4, -0.2) is 4.98 Å². The first-order chi connectivity index (χ1) is 9.38. The summed E-state index contributed by atoms with van der Waals surface area (Å²) in [6.07, 6.45) is -3.72. The second-order valence-electron chi connectivity index (χ2n) is 4.00. The zero-order valence-corrected chi connectivity index (χ0v) is 11.5. The number of anilines is 1. The highest BCUT2D eigenvalue weighted by atomic mass is 35.5. The van der Waals surface area contributed by atoms with Crippen LogP contribution in [0.25, 0.3) is 0 Å². The molecule has 1 N–H and O–H groups in total. The van der Waals surface area contributed by atoms with E-state index in [1.165, 1.54) is 0 Å². The molecule has 106 valence electrons. The van der Waals surface area contributed by atoms with Crippen molar-refractivity contribution in [2.45, 2.75) is 12.7 Å². The van der Waals surface area contributed by atoms with Crippen molar-refractivity contribution >= 4 is 29.0 Å². The molecular formula is C13H9Cl2F3N2. The van der Waals surface area contributed by atoms with Crippen LogP contribution in [-0.2, 0) is 12.7 Å². The highest BCUT2D eigenvalue weighted by Crippen LogP contribution is 2.32. The van der Waals surface area contributed by atoms with Gasteiger partial charge in [-0.1, -0.05) is 41.4 Å². The lowest BCUT2D eigenvalue weighted by Gasteiger charge is -2.11. The summed E-state index contributed by atoms with van der Waals surface area (Å²) in [5.41, 5.74) is -0.0854. The maximum atomic E-state index is 12.5. The Morgan fingerprint density at radius 1 is 1.10 bits per heavy atom. The minimum atomic E-state index is -4.46. The van der Waals surface area contributed by atoms with Gasteiger partial charge in [0.25, 0.3) is 0 Å². The van der Waals surface area contributed by atoms with Crippen molar-refractivity contribution in [3.63, 3.8) is 0 Å². The monoisotopic (exact) mass is 320 g/mol. The van der Waals surface area contributed by atoms with Crippen molar-refractivity contribution < 1.29 is 13.2 Å². The molecule has 20 heavy (non-hydrogen) atoms. The van der Waals surface area contributed by atoms with E-state index < -0.39 is 11.7 Å². The van der Waals surface area contributed by atoms with Gasteiger partial charge in [0.2, 0.25) is 0 Å². The third-order valence-electron chi connectivity index (χ3n) is 2.57. The van der Waals surface area contributed by atoms with Crippen LogP contribution in [0.15, 0.2) is 36.5 Å². The van der Waals surface area contributed by atoms with Crippen LogP contribution in [0.3, 0.4) is 0 Å². The summed E-state index contributed by atoms with van der Waals surface area (Å²) in [7, 11) is 0. The minimum absolute atomic E-state index is 0.0909. The molecule has 1 heterocycles. The average molecular weight is 321 g/mol. The standard InChI is InChI=1S/C13H9Cl2F3N2/c14-10-4-2-1-3-8(10)6-19-12-11(15)5-9(7-20-12)13(16,17)18/h1-5,7H,6H2,(H,19,20). The third kappa shape index (κ3) is 3.55. The number of hydrogen-bond acceptors (Lipinski definition) is 2. The number of rotatable bonds is 3. The molecule has 7 heteroatoms.